The Bertz CT molecular complexity index is 663. The number of ether oxygens (including phenoxy) is 1. The fourth-order valence-corrected chi connectivity index (χ4v) is 2.80. The standard InChI is InChI=1S/C18H22N2O3/c1-14-3-6-17(23-14)12-19-9-10-20(18(21)13-19)11-15-4-7-16(22-2)8-5-15/h3-8H,9-13H2,1-2H3. The van der Waals surface area contributed by atoms with Gasteiger partial charge in [-0.1, -0.05) is 12.1 Å². The molecule has 1 saturated heterocycles. The Kier molecular flexibility index (Phi) is 4.67. The first-order chi connectivity index (χ1) is 11.1. The molecule has 1 aliphatic heterocycles. The van der Waals surface area contributed by atoms with Gasteiger partial charge in [0.2, 0.25) is 5.91 Å². The summed E-state index contributed by atoms with van der Waals surface area (Å²) in [5.41, 5.74) is 1.12. The zero-order chi connectivity index (χ0) is 16.2. The van der Waals surface area contributed by atoms with Crippen LogP contribution in [0.1, 0.15) is 17.1 Å². The summed E-state index contributed by atoms with van der Waals surface area (Å²) in [4.78, 5) is 16.4. The van der Waals surface area contributed by atoms with Crippen molar-refractivity contribution in [2.24, 2.45) is 0 Å². The molecule has 0 aliphatic carbocycles. The zero-order valence-corrected chi connectivity index (χ0v) is 13.6. The third kappa shape index (κ3) is 3.93. The second-order valence-corrected chi connectivity index (χ2v) is 5.89. The highest BCUT2D eigenvalue weighted by Crippen LogP contribution is 2.16. The second kappa shape index (κ2) is 6.87. The molecule has 2 heterocycles. The summed E-state index contributed by atoms with van der Waals surface area (Å²) in [7, 11) is 1.65. The fraction of sp³-hybridized carbons (Fsp3) is 0.389. The van der Waals surface area contributed by atoms with Crippen LogP contribution >= 0.6 is 0 Å². The predicted molar refractivity (Wildman–Crippen MR) is 87.1 cm³/mol. The minimum absolute atomic E-state index is 0.162. The minimum atomic E-state index is 0.162. The Hall–Kier alpha value is -2.27. The third-order valence-electron chi connectivity index (χ3n) is 4.11. The number of hydrogen-bond donors (Lipinski definition) is 0. The lowest BCUT2D eigenvalue weighted by Crippen LogP contribution is -2.49. The van der Waals surface area contributed by atoms with E-state index in [0.29, 0.717) is 19.6 Å². The normalized spacial score (nSPS) is 15.9. The average molecular weight is 314 g/mol. The molecular formula is C18H22N2O3. The molecular weight excluding hydrogens is 292 g/mol. The van der Waals surface area contributed by atoms with E-state index in [4.69, 9.17) is 9.15 Å². The molecule has 2 aromatic rings. The Morgan fingerprint density at radius 3 is 2.48 bits per heavy atom. The molecule has 3 rings (SSSR count). The number of hydrogen-bond acceptors (Lipinski definition) is 4. The quantitative estimate of drug-likeness (QED) is 0.850. The summed E-state index contributed by atoms with van der Waals surface area (Å²) >= 11 is 0. The lowest BCUT2D eigenvalue weighted by atomic mass is 10.2. The van der Waals surface area contributed by atoms with E-state index < -0.39 is 0 Å². The number of piperazine rings is 1. The minimum Gasteiger partial charge on any atom is -0.497 e. The highest BCUT2D eigenvalue weighted by Gasteiger charge is 2.24. The van der Waals surface area contributed by atoms with Crippen molar-refractivity contribution in [2.45, 2.75) is 20.0 Å². The van der Waals surface area contributed by atoms with Gasteiger partial charge >= 0.3 is 0 Å². The first-order valence-corrected chi connectivity index (χ1v) is 7.82. The van der Waals surface area contributed by atoms with Crippen LogP contribution in [0.5, 0.6) is 5.75 Å². The molecule has 0 N–H and O–H groups in total. The van der Waals surface area contributed by atoms with Crippen LogP contribution in [0.4, 0.5) is 0 Å². The van der Waals surface area contributed by atoms with Crippen LogP contribution in [0.15, 0.2) is 40.8 Å². The van der Waals surface area contributed by atoms with Crippen molar-refractivity contribution in [1.82, 2.24) is 9.80 Å². The predicted octanol–water partition coefficient (Wildman–Crippen LogP) is 2.44. The number of amides is 1. The van der Waals surface area contributed by atoms with Gasteiger partial charge in [0.1, 0.15) is 17.3 Å². The largest absolute Gasteiger partial charge is 0.497 e. The smallest absolute Gasteiger partial charge is 0.237 e. The van der Waals surface area contributed by atoms with Gasteiger partial charge in [-0.05, 0) is 36.8 Å². The summed E-state index contributed by atoms with van der Waals surface area (Å²) in [6.07, 6.45) is 0. The van der Waals surface area contributed by atoms with Gasteiger partial charge in [0.05, 0.1) is 20.2 Å². The maximum atomic E-state index is 12.4. The molecule has 0 radical (unpaired) electrons. The number of carbonyl (C=O) groups is 1. The molecule has 0 saturated carbocycles. The van der Waals surface area contributed by atoms with Gasteiger partial charge < -0.3 is 14.1 Å². The second-order valence-electron chi connectivity index (χ2n) is 5.89. The van der Waals surface area contributed by atoms with Crippen molar-refractivity contribution in [3.63, 3.8) is 0 Å². The highest BCUT2D eigenvalue weighted by atomic mass is 16.5. The number of methoxy groups -OCH3 is 1. The number of benzene rings is 1. The molecule has 5 nitrogen and oxygen atoms in total. The summed E-state index contributed by atoms with van der Waals surface area (Å²) < 4.78 is 10.7. The van der Waals surface area contributed by atoms with E-state index in [1.54, 1.807) is 7.11 Å². The van der Waals surface area contributed by atoms with E-state index in [1.165, 1.54) is 0 Å². The van der Waals surface area contributed by atoms with Crippen LogP contribution in [-0.4, -0.2) is 42.5 Å². The van der Waals surface area contributed by atoms with Gasteiger partial charge in [0.25, 0.3) is 0 Å². The number of furan rings is 1. The first-order valence-electron chi connectivity index (χ1n) is 7.82. The van der Waals surface area contributed by atoms with E-state index >= 15 is 0 Å². The molecule has 1 aliphatic rings. The zero-order valence-electron chi connectivity index (χ0n) is 13.6. The van der Waals surface area contributed by atoms with E-state index in [0.717, 1.165) is 35.9 Å². The molecule has 122 valence electrons. The summed E-state index contributed by atoms with van der Waals surface area (Å²) in [5.74, 6) is 2.82. The SMILES string of the molecule is COc1ccc(CN2CCN(Cc3ccc(C)o3)CC2=O)cc1. The Morgan fingerprint density at radius 1 is 1.09 bits per heavy atom. The first kappa shape index (κ1) is 15.6. The molecule has 1 aromatic carbocycles. The number of aryl methyl sites for hydroxylation is 1. The van der Waals surface area contributed by atoms with Crippen LogP contribution in [0.25, 0.3) is 0 Å². The van der Waals surface area contributed by atoms with Crippen LogP contribution in [0.3, 0.4) is 0 Å². The Morgan fingerprint density at radius 2 is 1.87 bits per heavy atom. The fourth-order valence-electron chi connectivity index (χ4n) is 2.80. The summed E-state index contributed by atoms with van der Waals surface area (Å²) in [6, 6.07) is 11.8. The maximum absolute atomic E-state index is 12.4. The van der Waals surface area contributed by atoms with Gasteiger partial charge in [0.15, 0.2) is 0 Å². The van der Waals surface area contributed by atoms with Gasteiger partial charge in [-0.15, -0.1) is 0 Å². The molecule has 23 heavy (non-hydrogen) atoms. The van der Waals surface area contributed by atoms with Gasteiger partial charge in [-0.3, -0.25) is 9.69 Å². The van der Waals surface area contributed by atoms with Gasteiger partial charge in [-0.25, -0.2) is 0 Å². The monoisotopic (exact) mass is 314 g/mol. The topological polar surface area (TPSA) is 45.9 Å². The van der Waals surface area contributed by atoms with Crippen molar-refractivity contribution >= 4 is 5.91 Å². The Balaban J connectivity index is 1.54. The molecule has 5 heteroatoms. The molecule has 0 bridgehead atoms. The van der Waals surface area contributed by atoms with E-state index in [9.17, 15) is 4.79 Å². The molecule has 0 unspecified atom stereocenters. The summed E-state index contributed by atoms with van der Waals surface area (Å²) in [5, 5.41) is 0. The van der Waals surface area contributed by atoms with Gasteiger partial charge in [0, 0.05) is 19.6 Å². The Labute approximate surface area is 136 Å². The van der Waals surface area contributed by atoms with Crippen LogP contribution in [0, 0.1) is 6.92 Å². The number of nitrogens with zero attached hydrogens (tertiary/aromatic N) is 2. The third-order valence-corrected chi connectivity index (χ3v) is 4.11. The van der Waals surface area contributed by atoms with Crippen molar-refractivity contribution < 1.29 is 13.9 Å². The highest BCUT2D eigenvalue weighted by molar-refractivity contribution is 5.79. The maximum Gasteiger partial charge on any atom is 0.237 e. The summed E-state index contributed by atoms with van der Waals surface area (Å²) in [6.45, 7) is 5.32. The van der Waals surface area contributed by atoms with Gasteiger partial charge in [-0.2, -0.15) is 0 Å². The molecule has 1 fully saturated rings. The average Bonchev–Trinajstić information content (AvgIpc) is 2.96. The molecule has 0 atom stereocenters. The van der Waals surface area contributed by atoms with E-state index in [2.05, 4.69) is 4.90 Å². The van der Waals surface area contributed by atoms with E-state index in [1.807, 2.05) is 48.2 Å². The van der Waals surface area contributed by atoms with Crippen molar-refractivity contribution in [3.8, 4) is 5.75 Å². The molecule has 1 amide bonds. The molecule has 0 spiro atoms. The van der Waals surface area contributed by atoms with Crippen molar-refractivity contribution in [1.29, 1.82) is 0 Å². The van der Waals surface area contributed by atoms with Crippen molar-refractivity contribution in [3.05, 3.63) is 53.5 Å². The van der Waals surface area contributed by atoms with Crippen LogP contribution < -0.4 is 4.74 Å². The lowest BCUT2D eigenvalue weighted by Gasteiger charge is -2.34. The van der Waals surface area contributed by atoms with E-state index in [-0.39, 0.29) is 5.91 Å². The lowest BCUT2D eigenvalue weighted by molar-refractivity contribution is -0.137. The number of carbonyl (C=O) groups excluding carboxylic acids is 1. The molecule has 1 aromatic heterocycles. The van der Waals surface area contributed by atoms with Crippen LogP contribution in [0.2, 0.25) is 0 Å². The number of rotatable bonds is 5. The van der Waals surface area contributed by atoms with Crippen LogP contribution in [-0.2, 0) is 17.9 Å². The van der Waals surface area contributed by atoms with Crippen molar-refractivity contribution in [2.75, 3.05) is 26.7 Å².